The monoisotopic (exact) mass is 435 g/mol. The molecule has 0 spiro atoms. The van der Waals surface area contributed by atoms with Gasteiger partial charge in [-0.2, -0.15) is 0 Å². The number of hydrogen-bond donors (Lipinski definition) is 2. The Labute approximate surface area is 187 Å². The van der Waals surface area contributed by atoms with Crippen molar-refractivity contribution in [2.75, 3.05) is 19.7 Å². The van der Waals surface area contributed by atoms with Crippen LogP contribution in [0.3, 0.4) is 0 Å². The average Bonchev–Trinajstić information content (AvgIpc) is 3.36. The molecule has 0 fully saturated rings. The molecule has 1 unspecified atom stereocenters. The lowest BCUT2D eigenvalue weighted by Gasteiger charge is -2.36. The van der Waals surface area contributed by atoms with Crippen LogP contribution in [0, 0.1) is 11.7 Å². The van der Waals surface area contributed by atoms with E-state index in [1.54, 1.807) is 12.1 Å². The summed E-state index contributed by atoms with van der Waals surface area (Å²) in [5.74, 6) is 1.28. The maximum Gasteiger partial charge on any atom is 0.251 e. The minimum absolute atomic E-state index is 0.0131. The Hall–Kier alpha value is -2.86. The smallest absolute Gasteiger partial charge is 0.251 e. The van der Waals surface area contributed by atoms with Crippen molar-refractivity contribution in [3.05, 3.63) is 64.6 Å². The maximum atomic E-state index is 13.7. The molecule has 1 aromatic heterocycles. The molecule has 2 aromatic carbocycles. The first-order chi connectivity index (χ1) is 15.5. The highest BCUT2D eigenvalue weighted by Crippen LogP contribution is 2.34. The molecular formula is C26H30FN3O2. The van der Waals surface area contributed by atoms with Crippen molar-refractivity contribution < 1.29 is 13.9 Å². The number of carbonyl (C=O) groups excluding carboxylic acids is 1. The highest BCUT2D eigenvalue weighted by atomic mass is 19.1. The van der Waals surface area contributed by atoms with Crippen LogP contribution in [0.2, 0.25) is 0 Å². The van der Waals surface area contributed by atoms with Crippen LogP contribution in [-0.4, -0.2) is 41.5 Å². The summed E-state index contributed by atoms with van der Waals surface area (Å²) in [5, 5.41) is 3.92. The van der Waals surface area contributed by atoms with Gasteiger partial charge in [-0.15, -0.1) is 0 Å². The molecular weight excluding hydrogens is 405 g/mol. The SMILES string of the molecule is CC(C)CN(CCCc1c[nH]c2ccc(F)cc12)C1COc2ccc3c(c2C1)CNC3=O. The van der Waals surface area contributed by atoms with E-state index in [1.165, 1.54) is 11.6 Å². The van der Waals surface area contributed by atoms with Gasteiger partial charge in [0.2, 0.25) is 0 Å². The fraction of sp³-hybridized carbons (Fsp3) is 0.423. The standard InChI is InChI=1S/C26H30FN3O2/c1-16(2)14-30(9-3-4-17-12-28-24-7-5-18(27)10-21(17)24)19-11-22-23-13-29-26(31)20(23)6-8-25(22)32-15-19/h5-8,10,12,16,19,28H,3-4,9,11,13-15H2,1-2H3,(H,29,31). The quantitative estimate of drug-likeness (QED) is 0.577. The van der Waals surface area contributed by atoms with Crippen molar-refractivity contribution in [2.45, 2.75) is 45.7 Å². The Balaban J connectivity index is 1.30. The van der Waals surface area contributed by atoms with Crippen molar-refractivity contribution in [3.63, 3.8) is 0 Å². The Bertz CT molecular complexity index is 1150. The summed E-state index contributed by atoms with van der Waals surface area (Å²) < 4.78 is 19.9. The summed E-state index contributed by atoms with van der Waals surface area (Å²) in [7, 11) is 0. The van der Waals surface area contributed by atoms with Crippen LogP contribution in [0.15, 0.2) is 36.5 Å². The predicted octanol–water partition coefficient (Wildman–Crippen LogP) is 4.44. The van der Waals surface area contributed by atoms with Gasteiger partial charge in [0.1, 0.15) is 18.2 Å². The predicted molar refractivity (Wildman–Crippen MR) is 124 cm³/mol. The lowest BCUT2D eigenvalue weighted by atomic mass is 9.93. The number of aromatic nitrogens is 1. The number of nitrogens with one attached hydrogen (secondary N) is 2. The molecule has 0 saturated carbocycles. The van der Waals surface area contributed by atoms with Gasteiger partial charge in [-0.3, -0.25) is 9.69 Å². The topological polar surface area (TPSA) is 57.4 Å². The molecule has 32 heavy (non-hydrogen) atoms. The number of aryl methyl sites for hydroxylation is 1. The second kappa shape index (κ2) is 8.58. The van der Waals surface area contributed by atoms with E-state index in [2.05, 4.69) is 29.0 Å². The van der Waals surface area contributed by atoms with Gasteiger partial charge in [0.05, 0.1) is 0 Å². The molecule has 2 N–H and O–H groups in total. The lowest BCUT2D eigenvalue weighted by molar-refractivity contribution is 0.0965. The number of carbonyl (C=O) groups is 1. The minimum Gasteiger partial charge on any atom is -0.492 e. The van der Waals surface area contributed by atoms with Crippen molar-refractivity contribution in [2.24, 2.45) is 5.92 Å². The largest absolute Gasteiger partial charge is 0.492 e. The van der Waals surface area contributed by atoms with E-state index < -0.39 is 0 Å². The molecule has 168 valence electrons. The first-order valence-corrected chi connectivity index (χ1v) is 11.5. The minimum atomic E-state index is -0.196. The number of ether oxygens (including phenoxy) is 1. The fourth-order valence-corrected chi connectivity index (χ4v) is 5.15. The molecule has 5 nitrogen and oxygen atoms in total. The summed E-state index contributed by atoms with van der Waals surface area (Å²) >= 11 is 0. The van der Waals surface area contributed by atoms with Crippen molar-refractivity contribution in [3.8, 4) is 5.75 Å². The second-order valence-electron chi connectivity index (χ2n) is 9.42. The van der Waals surface area contributed by atoms with Crippen LogP contribution in [-0.2, 0) is 19.4 Å². The van der Waals surface area contributed by atoms with E-state index in [-0.39, 0.29) is 17.8 Å². The molecule has 6 heteroatoms. The molecule has 1 atom stereocenters. The molecule has 0 bridgehead atoms. The third kappa shape index (κ3) is 3.99. The van der Waals surface area contributed by atoms with Crippen LogP contribution in [0.4, 0.5) is 4.39 Å². The van der Waals surface area contributed by atoms with E-state index in [9.17, 15) is 9.18 Å². The summed E-state index contributed by atoms with van der Waals surface area (Å²) in [6, 6.07) is 9.02. The Kier molecular flexibility index (Phi) is 5.64. The number of benzene rings is 2. The first-order valence-electron chi connectivity index (χ1n) is 11.5. The zero-order chi connectivity index (χ0) is 22.2. The number of fused-ring (bicyclic) bond motifs is 4. The van der Waals surface area contributed by atoms with E-state index in [0.717, 1.165) is 65.7 Å². The summed E-state index contributed by atoms with van der Waals surface area (Å²) in [6.07, 6.45) is 4.80. The first kappa shape index (κ1) is 21.0. The molecule has 2 aliphatic heterocycles. The summed E-state index contributed by atoms with van der Waals surface area (Å²) in [4.78, 5) is 17.9. The van der Waals surface area contributed by atoms with E-state index in [1.807, 2.05) is 18.3 Å². The number of H-pyrrole nitrogens is 1. The Morgan fingerprint density at radius 2 is 2.09 bits per heavy atom. The molecule has 3 heterocycles. The third-order valence-corrected chi connectivity index (χ3v) is 6.67. The molecule has 3 aromatic rings. The van der Waals surface area contributed by atoms with Gasteiger partial charge in [0.15, 0.2) is 0 Å². The van der Waals surface area contributed by atoms with E-state index in [4.69, 9.17) is 4.74 Å². The zero-order valence-electron chi connectivity index (χ0n) is 18.7. The number of hydrogen-bond acceptors (Lipinski definition) is 3. The number of amides is 1. The van der Waals surface area contributed by atoms with Crippen LogP contribution in [0.1, 0.15) is 47.3 Å². The summed E-state index contributed by atoms with van der Waals surface area (Å²) in [6.45, 7) is 7.70. The second-order valence-corrected chi connectivity index (χ2v) is 9.42. The zero-order valence-corrected chi connectivity index (χ0v) is 18.7. The van der Waals surface area contributed by atoms with Gasteiger partial charge in [-0.05, 0) is 73.2 Å². The van der Waals surface area contributed by atoms with Crippen molar-refractivity contribution in [1.29, 1.82) is 0 Å². The van der Waals surface area contributed by atoms with E-state index in [0.29, 0.717) is 19.1 Å². The molecule has 1 amide bonds. The number of aromatic amines is 1. The van der Waals surface area contributed by atoms with Gasteiger partial charge >= 0.3 is 0 Å². The van der Waals surface area contributed by atoms with E-state index >= 15 is 0 Å². The van der Waals surface area contributed by atoms with Crippen LogP contribution in [0.25, 0.3) is 10.9 Å². The maximum absolute atomic E-state index is 13.7. The number of halogens is 1. The number of rotatable bonds is 7. The van der Waals surface area contributed by atoms with Crippen molar-refractivity contribution in [1.82, 2.24) is 15.2 Å². The molecule has 0 radical (unpaired) electrons. The fourth-order valence-electron chi connectivity index (χ4n) is 5.15. The van der Waals surface area contributed by atoms with Crippen LogP contribution < -0.4 is 10.1 Å². The molecule has 0 aliphatic carbocycles. The normalized spacial score (nSPS) is 17.5. The molecule has 2 aliphatic rings. The van der Waals surface area contributed by atoms with Crippen LogP contribution in [0.5, 0.6) is 5.75 Å². The lowest BCUT2D eigenvalue weighted by Crippen LogP contribution is -2.45. The molecule has 0 saturated heterocycles. The van der Waals surface area contributed by atoms with Crippen molar-refractivity contribution >= 4 is 16.8 Å². The highest BCUT2D eigenvalue weighted by molar-refractivity contribution is 5.99. The Morgan fingerprint density at radius 1 is 1.22 bits per heavy atom. The Morgan fingerprint density at radius 3 is 2.94 bits per heavy atom. The van der Waals surface area contributed by atoms with Gasteiger partial charge in [0.25, 0.3) is 5.91 Å². The highest BCUT2D eigenvalue weighted by Gasteiger charge is 2.31. The number of nitrogens with zero attached hydrogens (tertiary/aromatic N) is 1. The summed E-state index contributed by atoms with van der Waals surface area (Å²) in [5.41, 5.74) is 5.21. The van der Waals surface area contributed by atoms with Gasteiger partial charge in [0, 0.05) is 47.4 Å². The molecule has 5 rings (SSSR count). The van der Waals surface area contributed by atoms with Gasteiger partial charge in [-0.1, -0.05) is 13.8 Å². The average molecular weight is 436 g/mol. The van der Waals surface area contributed by atoms with Gasteiger partial charge < -0.3 is 15.0 Å². The third-order valence-electron chi connectivity index (χ3n) is 6.67. The van der Waals surface area contributed by atoms with Crippen LogP contribution >= 0.6 is 0 Å². The van der Waals surface area contributed by atoms with Gasteiger partial charge in [-0.25, -0.2) is 4.39 Å².